The summed E-state index contributed by atoms with van der Waals surface area (Å²) in [4.78, 5) is 14.6. The van der Waals surface area contributed by atoms with Crippen LogP contribution in [-0.4, -0.2) is 23.2 Å². The van der Waals surface area contributed by atoms with Gasteiger partial charge in [0.25, 0.3) is 0 Å². The zero-order valence-corrected chi connectivity index (χ0v) is 10.1. The second-order valence-corrected chi connectivity index (χ2v) is 3.72. The van der Waals surface area contributed by atoms with Gasteiger partial charge in [0.05, 0.1) is 7.11 Å². The van der Waals surface area contributed by atoms with E-state index in [2.05, 4.69) is 4.98 Å². The highest BCUT2D eigenvalue weighted by atomic mass is 16.5. The third kappa shape index (κ3) is 2.20. The molecule has 0 saturated heterocycles. The Labute approximate surface area is 104 Å². The second kappa shape index (κ2) is 4.91. The van der Waals surface area contributed by atoms with Gasteiger partial charge in [-0.2, -0.15) is 0 Å². The molecule has 0 aliphatic rings. The van der Waals surface area contributed by atoms with Gasteiger partial charge in [-0.05, 0) is 30.2 Å². The quantitative estimate of drug-likeness (QED) is 0.899. The van der Waals surface area contributed by atoms with E-state index in [1.54, 1.807) is 13.2 Å². The van der Waals surface area contributed by atoms with Crippen molar-refractivity contribution in [1.82, 2.24) is 4.98 Å². The molecule has 0 radical (unpaired) electrons. The number of aryl methyl sites for hydroxylation is 1. The molecule has 18 heavy (non-hydrogen) atoms. The molecule has 1 aromatic carbocycles. The van der Waals surface area contributed by atoms with Gasteiger partial charge in [-0.15, -0.1) is 0 Å². The van der Waals surface area contributed by atoms with Crippen LogP contribution in [0.25, 0.3) is 11.5 Å². The topological polar surface area (TPSA) is 72.6 Å². The van der Waals surface area contributed by atoms with Gasteiger partial charge in [-0.3, -0.25) is 0 Å². The normalized spacial score (nSPS) is 10.3. The van der Waals surface area contributed by atoms with Crippen LogP contribution in [0.1, 0.15) is 23.0 Å². The van der Waals surface area contributed by atoms with Crippen molar-refractivity contribution in [3.8, 4) is 17.2 Å². The lowest BCUT2D eigenvalue weighted by Gasteiger charge is -2.07. The predicted molar refractivity (Wildman–Crippen MR) is 64.8 cm³/mol. The summed E-state index contributed by atoms with van der Waals surface area (Å²) >= 11 is 0. The number of nitrogens with zero attached hydrogens (tertiary/aromatic N) is 1. The molecule has 0 unspecified atom stereocenters. The summed E-state index contributed by atoms with van der Waals surface area (Å²) < 4.78 is 10.4. The molecule has 0 aliphatic carbocycles. The maximum Gasteiger partial charge on any atom is 0.357 e. The van der Waals surface area contributed by atoms with Gasteiger partial charge >= 0.3 is 5.97 Å². The number of carbonyl (C=O) groups is 1. The van der Waals surface area contributed by atoms with Crippen LogP contribution in [0, 0.1) is 0 Å². The van der Waals surface area contributed by atoms with Gasteiger partial charge < -0.3 is 14.3 Å². The molecule has 1 N–H and O–H groups in total. The van der Waals surface area contributed by atoms with E-state index in [4.69, 9.17) is 14.3 Å². The van der Waals surface area contributed by atoms with E-state index in [0.717, 1.165) is 29.6 Å². The first-order valence-electron chi connectivity index (χ1n) is 5.51. The second-order valence-electron chi connectivity index (χ2n) is 3.72. The lowest BCUT2D eigenvalue weighted by atomic mass is 10.1. The minimum atomic E-state index is -1.10. The number of ether oxygens (including phenoxy) is 1. The number of benzene rings is 1. The molecule has 0 spiro atoms. The van der Waals surface area contributed by atoms with Crippen LogP contribution in [0.15, 0.2) is 28.9 Å². The Morgan fingerprint density at radius 1 is 1.50 bits per heavy atom. The summed E-state index contributed by atoms with van der Waals surface area (Å²) in [6, 6.07) is 5.49. The van der Waals surface area contributed by atoms with E-state index >= 15 is 0 Å². The van der Waals surface area contributed by atoms with E-state index in [-0.39, 0.29) is 5.69 Å². The highest BCUT2D eigenvalue weighted by Crippen LogP contribution is 2.26. The summed E-state index contributed by atoms with van der Waals surface area (Å²) in [5.41, 5.74) is 1.66. The number of aromatic carboxylic acids is 1. The average molecular weight is 247 g/mol. The van der Waals surface area contributed by atoms with Gasteiger partial charge in [0.15, 0.2) is 5.69 Å². The molecule has 0 fully saturated rings. The fourth-order valence-electron chi connectivity index (χ4n) is 1.69. The van der Waals surface area contributed by atoms with Crippen LogP contribution >= 0.6 is 0 Å². The summed E-state index contributed by atoms with van der Waals surface area (Å²) in [6.45, 7) is 2.01. The number of hydrogen-bond donors (Lipinski definition) is 1. The molecule has 5 heteroatoms. The first-order chi connectivity index (χ1) is 8.65. The first-order valence-corrected chi connectivity index (χ1v) is 5.51. The summed E-state index contributed by atoms with van der Waals surface area (Å²) in [5, 5.41) is 8.79. The van der Waals surface area contributed by atoms with Crippen LogP contribution < -0.4 is 4.74 Å². The Morgan fingerprint density at radius 2 is 2.28 bits per heavy atom. The Balaban J connectivity index is 2.41. The molecule has 0 saturated carbocycles. The van der Waals surface area contributed by atoms with Gasteiger partial charge in [0.2, 0.25) is 5.89 Å². The van der Waals surface area contributed by atoms with Crippen LogP contribution in [0.2, 0.25) is 0 Å². The molecule has 0 aliphatic heterocycles. The fourth-order valence-corrected chi connectivity index (χ4v) is 1.69. The van der Waals surface area contributed by atoms with Crippen molar-refractivity contribution in [3.05, 3.63) is 35.7 Å². The maximum atomic E-state index is 10.7. The monoisotopic (exact) mass is 247 g/mol. The van der Waals surface area contributed by atoms with Crippen LogP contribution in [-0.2, 0) is 6.42 Å². The minimum Gasteiger partial charge on any atom is -0.496 e. The first kappa shape index (κ1) is 12.2. The molecule has 2 rings (SSSR count). The smallest absolute Gasteiger partial charge is 0.357 e. The maximum absolute atomic E-state index is 10.7. The van der Waals surface area contributed by atoms with Crippen molar-refractivity contribution >= 4 is 5.97 Å². The number of oxazole rings is 1. The van der Waals surface area contributed by atoms with E-state index in [1.165, 1.54) is 0 Å². The highest BCUT2D eigenvalue weighted by Gasteiger charge is 2.13. The number of hydrogen-bond acceptors (Lipinski definition) is 4. The van der Waals surface area contributed by atoms with Gasteiger partial charge in [0, 0.05) is 5.56 Å². The van der Waals surface area contributed by atoms with Crippen LogP contribution in [0.4, 0.5) is 0 Å². The van der Waals surface area contributed by atoms with Crippen LogP contribution in [0.3, 0.4) is 0 Å². The molecular weight excluding hydrogens is 234 g/mol. The van der Waals surface area contributed by atoms with Gasteiger partial charge in [-0.1, -0.05) is 6.92 Å². The third-order valence-electron chi connectivity index (χ3n) is 2.63. The zero-order valence-electron chi connectivity index (χ0n) is 10.1. The Kier molecular flexibility index (Phi) is 3.32. The predicted octanol–water partition coefficient (Wildman–Crippen LogP) is 2.61. The van der Waals surface area contributed by atoms with Crippen molar-refractivity contribution < 1.29 is 19.1 Å². The number of methoxy groups -OCH3 is 1. The molecule has 2 aromatic rings. The van der Waals surface area contributed by atoms with Crippen molar-refractivity contribution in [2.75, 3.05) is 7.11 Å². The number of carboxylic acid groups (broad SMARTS) is 1. The van der Waals surface area contributed by atoms with Crippen molar-refractivity contribution in [1.29, 1.82) is 0 Å². The number of carboxylic acids is 1. The molecule has 0 amide bonds. The SMILES string of the molecule is CCc1cc(-c2nc(C(=O)O)co2)ccc1OC. The molecule has 1 aromatic heterocycles. The van der Waals surface area contributed by atoms with E-state index < -0.39 is 5.97 Å². The highest BCUT2D eigenvalue weighted by molar-refractivity contribution is 5.85. The molecule has 94 valence electrons. The summed E-state index contributed by atoms with van der Waals surface area (Å²) in [7, 11) is 1.61. The van der Waals surface area contributed by atoms with E-state index in [1.807, 2.05) is 19.1 Å². The Morgan fingerprint density at radius 3 is 2.83 bits per heavy atom. The van der Waals surface area contributed by atoms with Crippen molar-refractivity contribution in [3.63, 3.8) is 0 Å². The molecule has 0 atom stereocenters. The Hall–Kier alpha value is -2.30. The molecular formula is C13H13NO4. The summed E-state index contributed by atoms with van der Waals surface area (Å²) in [5.74, 6) is -0.00903. The van der Waals surface area contributed by atoms with Gasteiger partial charge in [-0.25, -0.2) is 9.78 Å². The van der Waals surface area contributed by atoms with E-state index in [0.29, 0.717) is 5.89 Å². The van der Waals surface area contributed by atoms with Crippen molar-refractivity contribution in [2.24, 2.45) is 0 Å². The average Bonchev–Trinajstić information content (AvgIpc) is 2.87. The standard InChI is InChI=1S/C13H13NO4/c1-3-8-6-9(4-5-11(8)17-2)12-14-10(7-18-12)13(15)16/h4-7H,3H2,1-2H3,(H,15,16). The van der Waals surface area contributed by atoms with Crippen LogP contribution in [0.5, 0.6) is 5.75 Å². The number of rotatable bonds is 4. The van der Waals surface area contributed by atoms with Crippen molar-refractivity contribution in [2.45, 2.75) is 13.3 Å². The van der Waals surface area contributed by atoms with Gasteiger partial charge in [0.1, 0.15) is 12.0 Å². The lowest BCUT2D eigenvalue weighted by molar-refractivity contribution is 0.0690. The minimum absolute atomic E-state index is 0.0983. The number of aromatic nitrogens is 1. The van der Waals surface area contributed by atoms with E-state index in [9.17, 15) is 4.79 Å². The lowest BCUT2D eigenvalue weighted by Crippen LogP contribution is -1.96. The summed E-state index contributed by atoms with van der Waals surface area (Å²) in [6.07, 6.45) is 1.94. The largest absolute Gasteiger partial charge is 0.496 e. The molecule has 0 bridgehead atoms. The molecule has 1 heterocycles. The third-order valence-corrected chi connectivity index (χ3v) is 2.63. The fraction of sp³-hybridized carbons (Fsp3) is 0.231. The molecule has 5 nitrogen and oxygen atoms in total. The Bertz CT molecular complexity index is 574. The zero-order chi connectivity index (χ0) is 13.1.